The van der Waals surface area contributed by atoms with Gasteiger partial charge in [-0.3, -0.25) is 14.3 Å². The predicted octanol–water partition coefficient (Wildman–Crippen LogP) is 2.61. The Labute approximate surface area is 160 Å². The Morgan fingerprint density at radius 2 is 1.78 bits per heavy atom. The van der Waals surface area contributed by atoms with Crippen molar-refractivity contribution in [2.75, 3.05) is 44.7 Å². The summed E-state index contributed by atoms with van der Waals surface area (Å²) in [5, 5.41) is 5.07. The Hall–Kier alpha value is -1.92. The summed E-state index contributed by atoms with van der Waals surface area (Å²) < 4.78 is 15.0. The maximum atomic E-state index is 13.3. The molecule has 2 heterocycles. The highest BCUT2D eigenvalue weighted by atomic mass is 19.1. The topological polar surface area (TPSA) is 40.5 Å². The summed E-state index contributed by atoms with van der Waals surface area (Å²) in [6.07, 6.45) is -0.810. The summed E-state index contributed by atoms with van der Waals surface area (Å²) >= 11 is 0. The number of piperazine rings is 1. The number of aromatic nitrogens is 1. The van der Waals surface area contributed by atoms with Crippen molar-refractivity contribution < 1.29 is 4.39 Å². The standard InChI is InChI=1S/C21H31FN4O/c1-14-10-17(16(3)23-4)18-12-20(24(5)21(27)19(18)11-14)26-8-6-25(7-9-26)13-15(2)22/h10-12,15-16,23H,6-9,13H2,1-5H3/t15?,16-/m1/s1. The lowest BCUT2D eigenvalue weighted by Crippen LogP contribution is -2.49. The Morgan fingerprint density at radius 3 is 2.37 bits per heavy atom. The van der Waals surface area contributed by atoms with Crippen LogP contribution in [0, 0.1) is 6.92 Å². The Bertz CT molecular complexity index is 869. The molecule has 6 heteroatoms. The summed E-state index contributed by atoms with van der Waals surface area (Å²) in [5.74, 6) is 0.939. The number of hydrogen-bond acceptors (Lipinski definition) is 4. The molecule has 1 fully saturated rings. The average molecular weight is 375 g/mol. The van der Waals surface area contributed by atoms with Crippen LogP contribution in [0.15, 0.2) is 23.0 Å². The van der Waals surface area contributed by atoms with Gasteiger partial charge in [0, 0.05) is 51.2 Å². The van der Waals surface area contributed by atoms with Crippen molar-refractivity contribution in [1.29, 1.82) is 0 Å². The minimum atomic E-state index is -0.810. The summed E-state index contributed by atoms with van der Waals surface area (Å²) in [5.41, 5.74) is 2.28. The average Bonchev–Trinajstić information content (AvgIpc) is 2.64. The molecule has 5 nitrogen and oxygen atoms in total. The minimum absolute atomic E-state index is 0.0376. The molecule has 27 heavy (non-hydrogen) atoms. The molecule has 1 aliphatic rings. The number of anilines is 1. The first kappa shape index (κ1) is 19.8. The van der Waals surface area contributed by atoms with Crippen molar-refractivity contribution in [1.82, 2.24) is 14.8 Å². The molecule has 1 aromatic heterocycles. The van der Waals surface area contributed by atoms with Gasteiger partial charge < -0.3 is 10.2 Å². The van der Waals surface area contributed by atoms with Gasteiger partial charge in [0.25, 0.3) is 5.56 Å². The van der Waals surface area contributed by atoms with Crippen LogP contribution in [0.25, 0.3) is 10.8 Å². The molecule has 3 rings (SSSR count). The zero-order chi connectivity index (χ0) is 19.7. The number of alkyl halides is 1. The largest absolute Gasteiger partial charge is 0.355 e. The molecular weight excluding hydrogens is 343 g/mol. The van der Waals surface area contributed by atoms with E-state index in [9.17, 15) is 9.18 Å². The predicted molar refractivity (Wildman–Crippen MR) is 111 cm³/mol. The van der Waals surface area contributed by atoms with E-state index in [1.807, 2.05) is 27.1 Å². The monoisotopic (exact) mass is 374 g/mol. The molecule has 0 aliphatic carbocycles. The second kappa shape index (κ2) is 7.98. The first-order valence-electron chi connectivity index (χ1n) is 9.74. The number of pyridine rings is 1. The van der Waals surface area contributed by atoms with Crippen LogP contribution in [-0.2, 0) is 7.05 Å². The molecule has 1 aromatic carbocycles. The quantitative estimate of drug-likeness (QED) is 0.873. The lowest BCUT2D eigenvalue weighted by molar-refractivity contribution is 0.192. The third kappa shape index (κ3) is 4.01. The van der Waals surface area contributed by atoms with Crippen LogP contribution >= 0.6 is 0 Å². The third-order valence-corrected chi connectivity index (χ3v) is 5.61. The fourth-order valence-electron chi connectivity index (χ4n) is 4.01. The fourth-order valence-corrected chi connectivity index (χ4v) is 4.01. The smallest absolute Gasteiger partial charge is 0.259 e. The fraction of sp³-hybridized carbons (Fsp3) is 0.571. The number of fused-ring (bicyclic) bond motifs is 1. The van der Waals surface area contributed by atoms with Gasteiger partial charge in [-0.25, -0.2) is 4.39 Å². The van der Waals surface area contributed by atoms with E-state index in [1.54, 1.807) is 11.5 Å². The van der Waals surface area contributed by atoms with Gasteiger partial charge in [-0.2, -0.15) is 0 Å². The van der Waals surface area contributed by atoms with Crippen LogP contribution in [0.1, 0.15) is 31.0 Å². The maximum absolute atomic E-state index is 13.3. The molecule has 2 aromatic rings. The van der Waals surface area contributed by atoms with Crippen LogP contribution in [0.5, 0.6) is 0 Å². The van der Waals surface area contributed by atoms with Crippen molar-refractivity contribution in [2.24, 2.45) is 7.05 Å². The van der Waals surface area contributed by atoms with Gasteiger partial charge in [-0.1, -0.05) is 6.07 Å². The van der Waals surface area contributed by atoms with E-state index in [-0.39, 0.29) is 11.6 Å². The van der Waals surface area contributed by atoms with Crippen LogP contribution in [0.2, 0.25) is 0 Å². The normalized spacial score (nSPS) is 18.1. The molecule has 148 valence electrons. The molecule has 0 radical (unpaired) electrons. The third-order valence-electron chi connectivity index (χ3n) is 5.61. The van der Waals surface area contributed by atoms with Gasteiger partial charge in [0.2, 0.25) is 0 Å². The second-order valence-electron chi connectivity index (χ2n) is 7.76. The summed E-state index contributed by atoms with van der Waals surface area (Å²) in [7, 11) is 3.78. The van der Waals surface area contributed by atoms with Gasteiger partial charge in [0.15, 0.2) is 0 Å². The van der Waals surface area contributed by atoms with Crippen LogP contribution in [0.3, 0.4) is 0 Å². The molecule has 1 unspecified atom stereocenters. The first-order chi connectivity index (χ1) is 12.8. The van der Waals surface area contributed by atoms with E-state index in [1.165, 1.54) is 0 Å². The van der Waals surface area contributed by atoms with Crippen LogP contribution in [-0.4, -0.2) is 55.4 Å². The van der Waals surface area contributed by atoms with Crippen molar-refractivity contribution in [3.63, 3.8) is 0 Å². The van der Waals surface area contributed by atoms with E-state index >= 15 is 0 Å². The number of halogens is 1. The first-order valence-corrected chi connectivity index (χ1v) is 9.74. The Kier molecular flexibility index (Phi) is 5.86. The highest BCUT2D eigenvalue weighted by molar-refractivity contribution is 5.88. The Balaban J connectivity index is 2.01. The minimum Gasteiger partial charge on any atom is -0.355 e. The number of nitrogens with one attached hydrogen (secondary N) is 1. The highest BCUT2D eigenvalue weighted by Crippen LogP contribution is 2.28. The summed E-state index contributed by atoms with van der Waals surface area (Å²) in [4.78, 5) is 17.5. The zero-order valence-corrected chi connectivity index (χ0v) is 17.1. The van der Waals surface area contributed by atoms with Crippen molar-refractivity contribution in [2.45, 2.75) is 33.0 Å². The number of nitrogens with zero attached hydrogens (tertiary/aromatic N) is 3. The van der Waals surface area contributed by atoms with Crippen LogP contribution < -0.4 is 15.8 Å². The van der Waals surface area contributed by atoms with Gasteiger partial charge >= 0.3 is 0 Å². The van der Waals surface area contributed by atoms with E-state index in [4.69, 9.17) is 0 Å². The van der Waals surface area contributed by atoms with Crippen molar-refractivity contribution in [3.05, 3.63) is 39.7 Å². The molecule has 0 bridgehead atoms. The van der Waals surface area contributed by atoms with Gasteiger partial charge in [-0.05, 0) is 56.5 Å². The molecule has 2 atom stereocenters. The Morgan fingerprint density at radius 1 is 1.11 bits per heavy atom. The van der Waals surface area contributed by atoms with Gasteiger partial charge in [-0.15, -0.1) is 0 Å². The van der Waals surface area contributed by atoms with E-state index < -0.39 is 6.17 Å². The zero-order valence-electron chi connectivity index (χ0n) is 17.1. The molecule has 0 spiro atoms. The molecule has 1 N–H and O–H groups in total. The van der Waals surface area contributed by atoms with E-state index in [0.717, 1.165) is 53.9 Å². The number of rotatable bonds is 5. The van der Waals surface area contributed by atoms with E-state index in [2.05, 4.69) is 34.2 Å². The molecule has 0 amide bonds. The second-order valence-corrected chi connectivity index (χ2v) is 7.76. The van der Waals surface area contributed by atoms with Gasteiger partial charge in [0.1, 0.15) is 12.0 Å². The highest BCUT2D eigenvalue weighted by Gasteiger charge is 2.22. The number of aryl methyl sites for hydroxylation is 1. The molecule has 0 saturated carbocycles. The lowest BCUT2D eigenvalue weighted by atomic mass is 9.97. The summed E-state index contributed by atoms with van der Waals surface area (Å²) in [6.45, 7) is 9.45. The molecule has 1 aliphatic heterocycles. The summed E-state index contributed by atoms with van der Waals surface area (Å²) in [6, 6.07) is 6.45. The molecular formula is C21H31FN4O. The van der Waals surface area contributed by atoms with Crippen molar-refractivity contribution in [3.8, 4) is 0 Å². The molecule has 1 saturated heterocycles. The van der Waals surface area contributed by atoms with Crippen molar-refractivity contribution >= 4 is 16.6 Å². The number of benzene rings is 1. The SMILES string of the molecule is CN[C@H](C)c1cc(C)cc2c(=O)n(C)c(N3CCN(CC(C)F)CC3)cc12. The maximum Gasteiger partial charge on any atom is 0.259 e. The van der Waals surface area contributed by atoms with Gasteiger partial charge in [0.05, 0.1) is 0 Å². The number of hydrogen-bond donors (Lipinski definition) is 1. The van der Waals surface area contributed by atoms with Crippen LogP contribution in [0.4, 0.5) is 10.2 Å². The lowest BCUT2D eigenvalue weighted by Gasteiger charge is -2.37. The van der Waals surface area contributed by atoms with E-state index in [0.29, 0.717) is 6.54 Å².